The van der Waals surface area contributed by atoms with Crippen LogP contribution < -0.4 is 4.74 Å². The molecule has 3 atom stereocenters. The topological polar surface area (TPSA) is 70.0 Å². The number of carbonyl (C=O) groups excluding carboxylic acids is 1. The SMILES string of the molecule is C=C(c1ccc(C(F)(F)F)cc1OC)N(C(C)=O)C(C(/C=C\C(C)O)=C/CC)C(C)c1ccc(O)cc1. The molecule has 2 aromatic rings. The van der Waals surface area contributed by atoms with Crippen molar-refractivity contribution in [1.29, 1.82) is 0 Å². The molecule has 2 aromatic carbocycles. The van der Waals surface area contributed by atoms with Gasteiger partial charge in [0, 0.05) is 24.1 Å². The summed E-state index contributed by atoms with van der Waals surface area (Å²) in [6.45, 7) is 10.9. The van der Waals surface area contributed by atoms with Gasteiger partial charge in [-0.3, -0.25) is 4.79 Å². The Hall–Kier alpha value is -3.52. The molecule has 3 unspecified atom stereocenters. The number of phenols is 1. The molecule has 0 fully saturated rings. The van der Waals surface area contributed by atoms with Gasteiger partial charge < -0.3 is 19.8 Å². The normalized spacial score (nSPS) is 14.8. The van der Waals surface area contributed by atoms with Crippen LogP contribution in [0.5, 0.6) is 11.5 Å². The van der Waals surface area contributed by atoms with Crippen LogP contribution in [-0.2, 0) is 11.0 Å². The minimum Gasteiger partial charge on any atom is -0.508 e. The van der Waals surface area contributed by atoms with Crippen molar-refractivity contribution >= 4 is 11.6 Å². The zero-order valence-corrected chi connectivity index (χ0v) is 21.7. The molecule has 0 heterocycles. The van der Waals surface area contributed by atoms with Crippen molar-refractivity contribution in [2.24, 2.45) is 0 Å². The number of halogens is 3. The van der Waals surface area contributed by atoms with E-state index in [1.165, 1.54) is 25.0 Å². The molecule has 2 N–H and O–H groups in total. The fourth-order valence-electron chi connectivity index (χ4n) is 4.18. The van der Waals surface area contributed by atoms with Crippen LogP contribution in [0.15, 0.2) is 72.8 Å². The highest BCUT2D eigenvalue weighted by Gasteiger charge is 2.35. The molecule has 0 aliphatic heterocycles. The second-order valence-corrected chi connectivity index (χ2v) is 8.79. The Labute approximate surface area is 216 Å². The van der Waals surface area contributed by atoms with Crippen LogP contribution in [0, 0.1) is 0 Å². The highest BCUT2D eigenvalue weighted by atomic mass is 19.4. The van der Waals surface area contributed by atoms with Gasteiger partial charge in [-0.25, -0.2) is 0 Å². The summed E-state index contributed by atoms with van der Waals surface area (Å²) in [6.07, 6.45) is 0.578. The molecule has 5 nitrogen and oxygen atoms in total. The molecule has 0 saturated carbocycles. The monoisotopic (exact) mass is 517 g/mol. The van der Waals surface area contributed by atoms with Crippen LogP contribution in [0.25, 0.3) is 5.70 Å². The summed E-state index contributed by atoms with van der Waals surface area (Å²) < 4.78 is 45.2. The van der Waals surface area contributed by atoms with Gasteiger partial charge in [0.25, 0.3) is 0 Å². The Morgan fingerprint density at radius 1 is 1.16 bits per heavy atom. The van der Waals surface area contributed by atoms with Crippen molar-refractivity contribution in [1.82, 2.24) is 4.90 Å². The fourth-order valence-corrected chi connectivity index (χ4v) is 4.18. The molecule has 0 aliphatic carbocycles. The molecular weight excluding hydrogens is 483 g/mol. The molecule has 1 amide bonds. The zero-order chi connectivity index (χ0) is 27.9. The average molecular weight is 518 g/mol. The Bertz CT molecular complexity index is 1150. The highest BCUT2D eigenvalue weighted by Crippen LogP contribution is 2.39. The number of aromatic hydroxyl groups is 1. The maximum Gasteiger partial charge on any atom is 0.416 e. The first-order valence-corrected chi connectivity index (χ1v) is 11.9. The largest absolute Gasteiger partial charge is 0.508 e. The number of ether oxygens (including phenoxy) is 1. The third-order valence-corrected chi connectivity index (χ3v) is 5.99. The number of nitrogens with zero attached hydrogens (tertiary/aromatic N) is 1. The number of aliphatic hydroxyl groups excluding tert-OH is 1. The molecule has 0 aromatic heterocycles. The first-order valence-electron chi connectivity index (χ1n) is 11.9. The summed E-state index contributed by atoms with van der Waals surface area (Å²) in [6, 6.07) is 8.99. The minimum absolute atomic E-state index is 0.0670. The van der Waals surface area contributed by atoms with E-state index in [-0.39, 0.29) is 34.6 Å². The molecule has 0 radical (unpaired) electrons. The number of allylic oxidation sites excluding steroid dienone is 1. The van der Waals surface area contributed by atoms with Gasteiger partial charge in [0.15, 0.2) is 0 Å². The van der Waals surface area contributed by atoms with Crippen LogP contribution in [0.4, 0.5) is 13.2 Å². The van der Waals surface area contributed by atoms with E-state index in [2.05, 4.69) is 6.58 Å². The Kier molecular flexibility index (Phi) is 10.1. The number of benzene rings is 2. The Morgan fingerprint density at radius 2 is 1.78 bits per heavy atom. The summed E-state index contributed by atoms with van der Waals surface area (Å²) in [4.78, 5) is 14.6. The second-order valence-electron chi connectivity index (χ2n) is 8.79. The maximum atomic E-state index is 13.3. The lowest BCUT2D eigenvalue weighted by Crippen LogP contribution is -2.41. The van der Waals surface area contributed by atoms with E-state index >= 15 is 0 Å². The number of methoxy groups -OCH3 is 1. The van der Waals surface area contributed by atoms with Gasteiger partial charge in [-0.1, -0.05) is 50.8 Å². The predicted molar refractivity (Wildman–Crippen MR) is 139 cm³/mol. The number of aliphatic hydroxyl groups is 1. The minimum atomic E-state index is -4.56. The van der Waals surface area contributed by atoms with Crippen molar-refractivity contribution in [3.05, 3.63) is 89.5 Å². The second kappa shape index (κ2) is 12.6. The lowest BCUT2D eigenvalue weighted by Gasteiger charge is -2.38. The smallest absolute Gasteiger partial charge is 0.416 e. The lowest BCUT2D eigenvalue weighted by atomic mass is 9.85. The third kappa shape index (κ3) is 7.49. The molecule has 37 heavy (non-hydrogen) atoms. The van der Waals surface area contributed by atoms with E-state index in [1.54, 1.807) is 43.3 Å². The van der Waals surface area contributed by atoms with E-state index in [0.29, 0.717) is 12.0 Å². The van der Waals surface area contributed by atoms with E-state index in [4.69, 9.17) is 4.74 Å². The Balaban J connectivity index is 2.74. The number of rotatable bonds is 10. The standard InChI is InChI=1S/C29H34F3NO4/c1-7-8-23(10-9-18(2)34)28(19(3)22-11-14-25(36)15-12-22)33(21(5)35)20(4)26-16-13-24(29(30,31)32)17-27(26)37-6/h8-19,28,34,36H,4,7H2,1-3,5-6H3/b10-9-,23-8+. The summed E-state index contributed by atoms with van der Waals surface area (Å²) in [5.74, 6) is -0.691. The molecule has 0 spiro atoms. The van der Waals surface area contributed by atoms with Gasteiger partial charge in [0.1, 0.15) is 11.5 Å². The molecule has 0 aliphatic rings. The highest BCUT2D eigenvalue weighted by molar-refractivity contribution is 5.87. The van der Waals surface area contributed by atoms with Crippen molar-refractivity contribution in [2.75, 3.05) is 7.11 Å². The summed E-state index contributed by atoms with van der Waals surface area (Å²) in [5, 5.41) is 19.6. The van der Waals surface area contributed by atoms with Crippen LogP contribution in [-0.4, -0.2) is 40.3 Å². The molecular formula is C29H34F3NO4. The molecule has 8 heteroatoms. The first kappa shape index (κ1) is 29.7. The van der Waals surface area contributed by atoms with Crippen molar-refractivity contribution in [3.8, 4) is 11.5 Å². The van der Waals surface area contributed by atoms with Gasteiger partial charge in [-0.05, 0) is 54.8 Å². The Morgan fingerprint density at radius 3 is 2.27 bits per heavy atom. The fraction of sp³-hybridized carbons (Fsp3) is 0.345. The van der Waals surface area contributed by atoms with Crippen LogP contribution >= 0.6 is 0 Å². The number of hydrogen-bond acceptors (Lipinski definition) is 4. The summed E-state index contributed by atoms with van der Waals surface area (Å²) in [7, 11) is 1.26. The molecule has 0 bridgehead atoms. The first-order chi connectivity index (χ1) is 17.3. The van der Waals surface area contributed by atoms with Gasteiger partial charge in [-0.2, -0.15) is 13.2 Å². The van der Waals surface area contributed by atoms with Gasteiger partial charge in [0.2, 0.25) is 5.91 Å². The number of alkyl halides is 3. The third-order valence-electron chi connectivity index (χ3n) is 5.99. The van der Waals surface area contributed by atoms with E-state index in [9.17, 15) is 28.2 Å². The van der Waals surface area contributed by atoms with Crippen molar-refractivity contribution < 1.29 is 32.9 Å². The number of carbonyl (C=O) groups is 1. The van der Waals surface area contributed by atoms with Crippen molar-refractivity contribution in [2.45, 2.75) is 58.4 Å². The van der Waals surface area contributed by atoms with Gasteiger partial charge >= 0.3 is 6.18 Å². The number of amides is 1. The molecule has 2 rings (SSSR count). The lowest BCUT2D eigenvalue weighted by molar-refractivity contribution is -0.137. The average Bonchev–Trinajstić information content (AvgIpc) is 2.83. The van der Waals surface area contributed by atoms with E-state index in [0.717, 1.165) is 17.7 Å². The zero-order valence-electron chi connectivity index (χ0n) is 21.7. The number of phenolic OH excluding ortho intramolecular Hbond substituents is 1. The van der Waals surface area contributed by atoms with E-state index in [1.807, 2.05) is 19.9 Å². The quantitative estimate of drug-likeness (QED) is 0.345. The van der Waals surface area contributed by atoms with Crippen LogP contribution in [0.3, 0.4) is 0 Å². The predicted octanol–water partition coefficient (Wildman–Crippen LogP) is 6.68. The summed E-state index contributed by atoms with van der Waals surface area (Å²) >= 11 is 0. The van der Waals surface area contributed by atoms with Gasteiger partial charge in [-0.15, -0.1) is 0 Å². The summed E-state index contributed by atoms with van der Waals surface area (Å²) in [5.41, 5.74) is 1.06. The molecule has 0 saturated heterocycles. The number of hydrogen-bond donors (Lipinski definition) is 2. The molecule has 200 valence electrons. The van der Waals surface area contributed by atoms with E-state index < -0.39 is 23.9 Å². The van der Waals surface area contributed by atoms with Crippen LogP contribution in [0.2, 0.25) is 0 Å². The van der Waals surface area contributed by atoms with Crippen LogP contribution in [0.1, 0.15) is 56.7 Å². The van der Waals surface area contributed by atoms with Gasteiger partial charge in [0.05, 0.1) is 24.8 Å². The maximum absolute atomic E-state index is 13.3. The van der Waals surface area contributed by atoms with Crippen molar-refractivity contribution in [3.63, 3.8) is 0 Å².